The van der Waals surface area contributed by atoms with E-state index in [-0.39, 0.29) is 11.8 Å². The lowest BCUT2D eigenvalue weighted by Gasteiger charge is -2.31. The molecule has 150 valence electrons. The number of methoxy groups -OCH3 is 2. The highest BCUT2D eigenvalue weighted by Gasteiger charge is 2.29. The van der Waals surface area contributed by atoms with Crippen LogP contribution < -0.4 is 9.47 Å². The minimum atomic E-state index is 0.0257. The molecule has 1 fully saturated rings. The zero-order valence-corrected chi connectivity index (χ0v) is 16.5. The van der Waals surface area contributed by atoms with Crippen molar-refractivity contribution in [3.63, 3.8) is 0 Å². The van der Waals surface area contributed by atoms with Gasteiger partial charge in [-0.25, -0.2) is 0 Å². The number of rotatable bonds is 5. The number of likely N-dealkylation sites (tertiary alicyclic amines) is 1. The molecule has 2 aromatic carbocycles. The topological polar surface area (TPSA) is 77.7 Å². The van der Waals surface area contributed by atoms with Crippen LogP contribution in [0.3, 0.4) is 0 Å². The van der Waals surface area contributed by atoms with Crippen LogP contribution in [0.1, 0.15) is 35.0 Å². The predicted molar refractivity (Wildman–Crippen MR) is 107 cm³/mol. The average molecular weight is 393 g/mol. The van der Waals surface area contributed by atoms with Gasteiger partial charge in [0.15, 0.2) is 11.5 Å². The van der Waals surface area contributed by atoms with Crippen molar-refractivity contribution in [1.82, 2.24) is 15.0 Å². The molecule has 2 heterocycles. The van der Waals surface area contributed by atoms with E-state index in [1.807, 2.05) is 53.4 Å². The highest BCUT2D eigenvalue weighted by molar-refractivity contribution is 5.94. The fraction of sp³-hybridized carbons (Fsp3) is 0.318. The van der Waals surface area contributed by atoms with E-state index in [0.717, 1.165) is 24.9 Å². The van der Waals surface area contributed by atoms with Crippen molar-refractivity contribution in [1.29, 1.82) is 0 Å². The molecule has 1 saturated heterocycles. The third-order valence-corrected chi connectivity index (χ3v) is 5.16. The van der Waals surface area contributed by atoms with Crippen LogP contribution in [0.2, 0.25) is 0 Å². The molecular formula is C22H23N3O4. The van der Waals surface area contributed by atoms with Crippen molar-refractivity contribution in [3.8, 4) is 22.9 Å². The summed E-state index contributed by atoms with van der Waals surface area (Å²) in [5, 5.41) is 4.13. The zero-order chi connectivity index (χ0) is 20.2. The number of aromatic nitrogens is 2. The molecule has 0 saturated carbocycles. The Hall–Kier alpha value is -3.35. The van der Waals surface area contributed by atoms with Gasteiger partial charge in [-0.2, -0.15) is 4.98 Å². The van der Waals surface area contributed by atoms with Crippen molar-refractivity contribution in [3.05, 3.63) is 60.0 Å². The molecule has 0 aliphatic carbocycles. The molecule has 0 bridgehead atoms. The molecule has 1 amide bonds. The Morgan fingerprint density at radius 3 is 2.66 bits per heavy atom. The smallest absolute Gasteiger partial charge is 0.253 e. The van der Waals surface area contributed by atoms with Crippen LogP contribution in [0, 0.1) is 0 Å². The number of amides is 1. The van der Waals surface area contributed by atoms with Crippen LogP contribution in [-0.2, 0) is 0 Å². The number of ether oxygens (including phenoxy) is 2. The lowest BCUT2D eigenvalue weighted by atomic mass is 9.97. The number of carbonyl (C=O) groups excluding carboxylic acids is 1. The molecule has 4 rings (SSSR count). The van der Waals surface area contributed by atoms with Crippen molar-refractivity contribution >= 4 is 5.91 Å². The molecular weight excluding hydrogens is 370 g/mol. The fourth-order valence-corrected chi connectivity index (χ4v) is 3.62. The van der Waals surface area contributed by atoms with Gasteiger partial charge in [0.2, 0.25) is 11.7 Å². The fourth-order valence-electron chi connectivity index (χ4n) is 3.62. The minimum absolute atomic E-state index is 0.0257. The van der Waals surface area contributed by atoms with Crippen LogP contribution >= 0.6 is 0 Å². The molecule has 0 spiro atoms. The second kappa shape index (κ2) is 8.34. The quantitative estimate of drug-likeness (QED) is 0.657. The van der Waals surface area contributed by atoms with Gasteiger partial charge in [0.05, 0.1) is 20.1 Å². The van der Waals surface area contributed by atoms with E-state index in [1.165, 1.54) is 0 Å². The SMILES string of the molecule is COc1ccc(-c2noc([C@@H]3CCCN(C(=O)c4ccccc4)C3)n2)cc1OC. The van der Waals surface area contributed by atoms with Gasteiger partial charge in [-0.05, 0) is 43.2 Å². The molecule has 1 atom stereocenters. The van der Waals surface area contributed by atoms with Gasteiger partial charge in [-0.15, -0.1) is 0 Å². The molecule has 7 nitrogen and oxygen atoms in total. The van der Waals surface area contributed by atoms with E-state index in [1.54, 1.807) is 14.2 Å². The van der Waals surface area contributed by atoms with Gasteiger partial charge in [-0.3, -0.25) is 4.79 Å². The zero-order valence-electron chi connectivity index (χ0n) is 16.5. The van der Waals surface area contributed by atoms with Gasteiger partial charge in [0.25, 0.3) is 5.91 Å². The van der Waals surface area contributed by atoms with Crippen molar-refractivity contribution < 1.29 is 18.8 Å². The Bertz CT molecular complexity index is 987. The molecule has 1 aliphatic rings. The summed E-state index contributed by atoms with van der Waals surface area (Å²) in [5.41, 5.74) is 1.48. The monoisotopic (exact) mass is 393 g/mol. The number of nitrogens with zero attached hydrogens (tertiary/aromatic N) is 3. The van der Waals surface area contributed by atoms with Gasteiger partial charge >= 0.3 is 0 Å². The second-order valence-corrected chi connectivity index (χ2v) is 6.98. The molecule has 0 N–H and O–H groups in total. The molecule has 0 radical (unpaired) electrons. The summed E-state index contributed by atoms with van der Waals surface area (Å²) in [6, 6.07) is 14.8. The van der Waals surface area contributed by atoms with Crippen LogP contribution in [0.15, 0.2) is 53.1 Å². The third kappa shape index (κ3) is 3.94. The van der Waals surface area contributed by atoms with E-state index in [4.69, 9.17) is 14.0 Å². The minimum Gasteiger partial charge on any atom is -0.493 e. The molecule has 1 aromatic heterocycles. The summed E-state index contributed by atoms with van der Waals surface area (Å²) < 4.78 is 16.2. The van der Waals surface area contributed by atoms with E-state index >= 15 is 0 Å². The molecule has 1 aliphatic heterocycles. The van der Waals surface area contributed by atoms with Crippen LogP contribution in [-0.4, -0.2) is 48.3 Å². The number of benzene rings is 2. The Morgan fingerprint density at radius 1 is 1.10 bits per heavy atom. The molecule has 29 heavy (non-hydrogen) atoms. The molecule has 0 unspecified atom stereocenters. The van der Waals surface area contributed by atoms with Crippen molar-refractivity contribution in [2.45, 2.75) is 18.8 Å². The Balaban J connectivity index is 1.51. The maximum atomic E-state index is 12.8. The second-order valence-electron chi connectivity index (χ2n) is 6.98. The standard InChI is InChI=1S/C22H23N3O4/c1-27-18-11-10-16(13-19(18)28-2)20-23-21(29-24-20)17-9-6-12-25(14-17)22(26)15-7-4-3-5-8-15/h3-5,7-8,10-11,13,17H,6,9,12,14H2,1-2H3/t17-/m1/s1. The normalized spacial score (nSPS) is 16.5. The lowest BCUT2D eigenvalue weighted by molar-refractivity contribution is 0.0695. The van der Waals surface area contributed by atoms with E-state index in [9.17, 15) is 4.79 Å². The van der Waals surface area contributed by atoms with Gasteiger partial charge in [0.1, 0.15) is 0 Å². The first-order valence-corrected chi connectivity index (χ1v) is 9.60. The van der Waals surface area contributed by atoms with Gasteiger partial charge in [-0.1, -0.05) is 23.4 Å². The Morgan fingerprint density at radius 2 is 1.90 bits per heavy atom. The largest absolute Gasteiger partial charge is 0.493 e. The number of hydrogen-bond donors (Lipinski definition) is 0. The maximum Gasteiger partial charge on any atom is 0.253 e. The summed E-state index contributed by atoms with van der Waals surface area (Å²) in [6.07, 6.45) is 1.81. The summed E-state index contributed by atoms with van der Waals surface area (Å²) in [5.74, 6) is 2.36. The van der Waals surface area contributed by atoms with Gasteiger partial charge in [0, 0.05) is 24.2 Å². The first-order valence-electron chi connectivity index (χ1n) is 9.60. The highest BCUT2D eigenvalue weighted by atomic mass is 16.5. The third-order valence-electron chi connectivity index (χ3n) is 5.16. The van der Waals surface area contributed by atoms with Crippen LogP contribution in [0.25, 0.3) is 11.4 Å². The highest BCUT2D eigenvalue weighted by Crippen LogP contribution is 2.33. The first-order chi connectivity index (χ1) is 14.2. The number of piperidine rings is 1. The average Bonchev–Trinajstić information content (AvgIpc) is 3.29. The van der Waals surface area contributed by atoms with E-state index in [2.05, 4.69) is 10.1 Å². The summed E-state index contributed by atoms with van der Waals surface area (Å²) in [6.45, 7) is 1.31. The van der Waals surface area contributed by atoms with Crippen molar-refractivity contribution in [2.24, 2.45) is 0 Å². The number of carbonyl (C=O) groups is 1. The Kier molecular flexibility index (Phi) is 5.46. The summed E-state index contributed by atoms with van der Waals surface area (Å²) in [4.78, 5) is 19.2. The molecule has 3 aromatic rings. The van der Waals surface area contributed by atoms with E-state index in [0.29, 0.717) is 35.3 Å². The summed E-state index contributed by atoms with van der Waals surface area (Å²) >= 11 is 0. The lowest BCUT2D eigenvalue weighted by Crippen LogP contribution is -2.39. The van der Waals surface area contributed by atoms with E-state index < -0.39 is 0 Å². The first kappa shape index (κ1) is 19.0. The van der Waals surface area contributed by atoms with Crippen LogP contribution in [0.5, 0.6) is 11.5 Å². The summed E-state index contributed by atoms with van der Waals surface area (Å²) in [7, 11) is 3.18. The predicted octanol–water partition coefficient (Wildman–Crippen LogP) is 3.77. The van der Waals surface area contributed by atoms with Crippen LogP contribution in [0.4, 0.5) is 0 Å². The Labute approximate surface area is 169 Å². The van der Waals surface area contributed by atoms with Crippen molar-refractivity contribution in [2.75, 3.05) is 27.3 Å². The maximum absolute atomic E-state index is 12.8. The number of hydrogen-bond acceptors (Lipinski definition) is 6. The molecule has 7 heteroatoms. The van der Waals surface area contributed by atoms with Gasteiger partial charge < -0.3 is 18.9 Å².